The van der Waals surface area contributed by atoms with Crippen LogP contribution in [0.25, 0.3) is 0 Å². The fourth-order valence-electron chi connectivity index (χ4n) is 1.34. The fourth-order valence-corrected chi connectivity index (χ4v) is 1.56. The molecule has 6 heteroatoms. The van der Waals surface area contributed by atoms with Crippen LogP contribution in [0.3, 0.4) is 0 Å². The van der Waals surface area contributed by atoms with Gasteiger partial charge in [-0.2, -0.15) is 0 Å². The Bertz CT molecular complexity index is 422. The summed E-state index contributed by atoms with van der Waals surface area (Å²) in [5.74, 6) is 0. The smallest absolute Gasteiger partial charge is 0.314 e. The molecule has 1 aromatic rings. The maximum Gasteiger partial charge on any atom is 0.314 e. The van der Waals surface area contributed by atoms with E-state index in [1.165, 1.54) is 5.56 Å². The number of hydrogen-bond donors (Lipinski definition) is 4. The largest absolute Gasteiger partial charge is 0.361 e. The summed E-state index contributed by atoms with van der Waals surface area (Å²) in [4.78, 5) is 10.9. The summed E-state index contributed by atoms with van der Waals surface area (Å²) >= 11 is 5.14. The van der Waals surface area contributed by atoms with Crippen LogP contribution < -0.4 is 21.3 Å². The Morgan fingerprint density at radius 3 is 2.67 bits per heavy atom. The first-order valence-corrected chi connectivity index (χ1v) is 6.09. The van der Waals surface area contributed by atoms with Gasteiger partial charge in [-0.05, 0) is 36.8 Å². The molecule has 0 fully saturated rings. The average Bonchev–Trinajstić information content (AvgIpc) is 2.34. The Morgan fingerprint density at radius 1 is 1.28 bits per heavy atom. The van der Waals surface area contributed by atoms with Crippen LogP contribution in [0.4, 0.5) is 10.5 Å². The lowest BCUT2D eigenvalue weighted by molar-refractivity contribution is 0.243. The summed E-state index contributed by atoms with van der Waals surface area (Å²) in [6, 6.07) is 7.75. The van der Waals surface area contributed by atoms with E-state index in [0.717, 1.165) is 5.69 Å². The molecular formula is C12H18N4OS. The van der Waals surface area contributed by atoms with E-state index in [-0.39, 0.29) is 6.03 Å². The molecule has 0 aliphatic rings. The predicted octanol–water partition coefficient (Wildman–Crippen LogP) is 1.21. The highest BCUT2D eigenvalue weighted by molar-refractivity contribution is 7.80. The minimum atomic E-state index is -0.200. The van der Waals surface area contributed by atoms with Crippen LogP contribution >= 0.6 is 12.2 Å². The van der Waals surface area contributed by atoms with E-state index in [1.54, 1.807) is 7.05 Å². The molecule has 0 heterocycles. The van der Waals surface area contributed by atoms with Crippen molar-refractivity contribution in [2.75, 3.05) is 25.5 Å². The zero-order chi connectivity index (χ0) is 13.4. The van der Waals surface area contributed by atoms with E-state index in [1.807, 2.05) is 31.2 Å². The molecule has 0 atom stereocenters. The van der Waals surface area contributed by atoms with Gasteiger partial charge in [0.05, 0.1) is 0 Å². The summed E-state index contributed by atoms with van der Waals surface area (Å²) < 4.78 is 0. The zero-order valence-corrected chi connectivity index (χ0v) is 11.4. The Labute approximate surface area is 112 Å². The number of urea groups is 1. The lowest BCUT2D eigenvalue weighted by Crippen LogP contribution is -2.39. The molecule has 0 unspecified atom stereocenters. The molecule has 5 nitrogen and oxygen atoms in total. The molecule has 0 radical (unpaired) electrons. The molecule has 0 aliphatic carbocycles. The topological polar surface area (TPSA) is 65.2 Å². The summed E-state index contributed by atoms with van der Waals surface area (Å²) in [5, 5.41) is 11.8. The molecule has 0 aliphatic heterocycles. The number of carbonyl (C=O) groups excluding carboxylic acids is 1. The lowest BCUT2D eigenvalue weighted by atomic mass is 10.2. The van der Waals surface area contributed by atoms with Gasteiger partial charge < -0.3 is 21.3 Å². The summed E-state index contributed by atoms with van der Waals surface area (Å²) in [7, 11) is 1.58. The minimum Gasteiger partial charge on any atom is -0.361 e. The van der Waals surface area contributed by atoms with E-state index in [4.69, 9.17) is 12.2 Å². The van der Waals surface area contributed by atoms with Gasteiger partial charge in [-0.3, -0.25) is 0 Å². The Morgan fingerprint density at radius 2 is 2.00 bits per heavy atom. The van der Waals surface area contributed by atoms with Gasteiger partial charge in [0.1, 0.15) is 0 Å². The monoisotopic (exact) mass is 266 g/mol. The number of thiocarbonyl (C=S) groups is 1. The van der Waals surface area contributed by atoms with E-state index in [9.17, 15) is 4.79 Å². The Hall–Kier alpha value is -1.82. The van der Waals surface area contributed by atoms with Gasteiger partial charge in [0.15, 0.2) is 5.11 Å². The summed E-state index contributed by atoms with van der Waals surface area (Å²) in [6.07, 6.45) is 0. The Balaban J connectivity index is 2.24. The van der Waals surface area contributed by atoms with Gasteiger partial charge in [0, 0.05) is 25.8 Å². The second-order valence-corrected chi connectivity index (χ2v) is 4.16. The first kappa shape index (κ1) is 14.2. The van der Waals surface area contributed by atoms with Crippen molar-refractivity contribution in [3.63, 3.8) is 0 Å². The maximum atomic E-state index is 10.9. The minimum absolute atomic E-state index is 0.200. The highest BCUT2D eigenvalue weighted by atomic mass is 32.1. The fraction of sp³-hybridized carbons (Fsp3) is 0.333. The van der Waals surface area contributed by atoms with Crippen molar-refractivity contribution in [2.45, 2.75) is 6.92 Å². The Kier molecular flexibility index (Phi) is 5.93. The zero-order valence-electron chi connectivity index (χ0n) is 10.5. The summed E-state index contributed by atoms with van der Waals surface area (Å²) in [6.45, 7) is 3.11. The van der Waals surface area contributed by atoms with Gasteiger partial charge in [-0.1, -0.05) is 12.1 Å². The highest BCUT2D eigenvalue weighted by Gasteiger charge is 1.98. The van der Waals surface area contributed by atoms with Crippen LogP contribution in [0.15, 0.2) is 24.3 Å². The van der Waals surface area contributed by atoms with Crippen LogP contribution in [-0.4, -0.2) is 31.3 Å². The standard InChI is InChI=1S/C12H18N4OS/c1-9-4-3-5-10(8-9)16-12(18)15-7-6-14-11(17)13-2/h3-5,8H,6-7H2,1-2H3,(H2,13,14,17)(H2,15,16,18). The highest BCUT2D eigenvalue weighted by Crippen LogP contribution is 2.08. The van der Waals surface area contributed by atoms with Gasteiger partial charge in [0.25, 0.3) is 0 Å². The van der Waals surface area contributed by atoms with Crippen molar-refractivity contribution in [2.24, 2.45) is 0 Å². The average molecular weight is 266 g/mol. The number of benzene rings is 1. The second-order valence-electron chi connectivity index (χ2n) is 3.76. The number of nitrogens with one attached hydrogen (secondary N) is 4. The summed E-state index contributed by atoms with van der Waals surface area (Å²) in [5.41, 5.74) is 2.12. The van der Waals surface area contributed by atoms with Crippen LogP contribution in [0, 0.1) is 6.92 Å². The van der Waals surface area contributed by atoms with Crippen LogP contribution in [0.1, 0.15) is 5.56 Å². The van der Waals surface area contributed by atoms with Gasteiger partial charge in [0.2, 0.25) is 0 Å². The van der Waals surface area contributed by atoms with Crippen molar-refractivity contribution in [1.82, 2.24) is 16.0 Å². The number of rotatable bonds is 4. The van der Waals surface area contributed by atoms with Crippen molar-refractivity contribution in [1.29, 1.82) is 0 Å². The van der Waals surface area contributed by atoms with E-state index in [0.29, 0.717) is 18.2 Å². The predicted molar refractivity (Wildman–Crippen MR) is 77.9 cm³/mol. The van der Waals surface area contributed by atoms with E-state index < -0.39 is 0 Å². The third-order valence-corrected chi connectivity index (χ3v) is 2.45. The number of hydrogen-bond acceptors (Lipinski definition) is 2. The van der Waals surface area contributed by atoms with E-state index in [2.05, 4.69) is 21.3 Å². The molecule has 18 heavy (non-hydrogen) atoms. The van der Waals surface area contributed by atoms with Crippen molar-refractivity contribution in [3.05, 3.63) is 29.8 Å². The molecule has 0 saturated heterocycles. The SMILES string of the molecule is CNC(=O)NCCNC(=S)Nc1cccc(C)c1. The number of amides is 2. The first-order chi connectivity index (χ1) is 8.61. The number of aryl methyl sites for hydroxylation is 1. The molecule has 1 rings (SSSR count). The quantitative estimate of drug-likeness (QED) is 0.488. The number of anilines is 1. The third kappa shape index (κ3) is 5.49. The molecule has 1 aromatic carbocycles. The van der Waals surface area contributed by atoms with Gasteiger partial charge in [-0.25, -0.2) is 4.79 Å². The van der Waals surface area contributed by atoms with Gasteiger partial charge in [-0.15, -0.1) is 0 Å². The molecule has 0 aromatic heterocycles. The van der Waals surface area contributed by atoms with Gasteiger partial charge >= 0.3 is 6.03 Å². The van der Waals surface area contributed by atoms with Crippen LogP contribution in [-0.2, 0) is 0 Å². The van der Waals surface area contributed by atoms with Crippen LogP contribution in [0.2, 0.25) is 0 Å². The molecule has 0 bridgehead atoms. The molecule has 4 N–H and O–H groups in total. The molecule has 0 spiro atoms. The first-order valence-electron chi connectivity index (χ1n) is 5.69. The third-order valence-electron chi connectivity index (χ3n) is 2.20. The van der Waals surface area contributed by atoms with Crippen molar-refractivity contribution >= 4 is 29.0 Å². The maximum absolute atomic E-state index is 10.9. The number of carbonyl (C=O) groups is 1. The second kappa shape index (κ2) is 7.50. The van der Waals surface area contributed by atoms with E-state index >= 15 is 0 Å². The lowest BCUT2D eigenvalue weighted by Gasteiger charge is -2.11. The molecule has 98 valence electrons. The van der Waals surface area contributed by atoms with Crippen LogP contribution in [0.5, 0.6) is 0 Å². The molecule has 2 amide bonds. The normalized spacial score (nSPS) is 9.44. The molecule has 0 saturated carbocycles. The van der Waals surface area contributed by atoms with Crippen molar-refractivity contribution < 1.29 is 4.79 Å². The van der Waals surface area contributed by atoms with Crippen molar-refractivity contribution in [3.8, 4) is 0 Å². The molecular weight excluding hydrogens is 248 g/mol.